The number of halogens is 1. The molecule has 0 unspecified atom stereocenters. The van der Waals surface area contributed by atoms with E-state index in [1.165, 1.54) is 12.9 Å². The summed E-state index contributed by atoms with van der Waals surface area (Å²) in [5.74, 6) is -0.312. The van der Waals surface area contributed by atoms with E-state index in [1.807, 2.05) is 68.4 Å². The molecular weight excluding hydrogens is 686 g/mol. The van der Waals surface area contributed by atoms with Gasteiger partial charge in [-0.3, -0.25) is 0 Å². The summed E-state index contributed by atoms with van der Waals surface area (Å²) in [4.78, 5) is 16.9. The Balaban J connectivity index is 1.39. The number of hydrogen-bond donors (Lipinski definition) is 0. The van der Waals surface area contributed by atoms with Gasteiger partial charge in [0.1, 0.15) is 6.61 Å². The highest BCUT2D eigenvalue weighted by atomic mass is 35.5. The molecule has 1 saturated heterocycles. The highest BCUT2D eigenvalue weighted by Crippen LogP contribution is 2.27. The predicted molar refractivity (Wildman–Crippen MR) is 192 cm³/mol. The average Bonchev–Trinajstić information content (AvgIpc) is 3.08. The number of hydrogen-bond acceptors (Lipinski definition) is 7. The molecule has 3 aromatic carbocycles. The predicted octanol–water partition coefficient (Wildman–Crippen LogP) is 5.07. The molecule has 0 radical (unpaired) electrons. The Morgan fingerprint density at radius 3 is 2.14 bits per heavy atom. The van der Waals surface area contributed by atoms with Gasteiger partial charge in [-0.15, -0.1) is 0 Å². The molecule has 0 bridgehead atoms. The minimum atomic E-state index is -3.94. The van der Waals surface area contributed by atoms with E-state index in [-0.39, 0.29) is 63.2 Å². The summed E-state index contributed by atoms with van der Waals surface area (Å²) in [6.07, 6.45) is 0.801. The topological polar surface area (TPSA) is 111 Å². The number of ether oxygens (including phenoxy) is 1. The minimum absolute atomic E-state index is 0.0965. The summed E-state index contributed by atoms with van der Waals surface area (Å²) in [6.45, 7) is 3.58. The molecule has 1 amide bonds. The molecule has 0 N–H and O–H groups in total. The monoisotopic (exact) mass is 731 g/mol. The zero-order chi connectivity index (χ0) is 35.2. The van der Waals surface area contributed by atoms with Crippen LogP contribution in [0.15, 0.2) is 77.7 Å². The van der Waals surface area contributed by atoms with E-state index < -0.39 is 26.3 Å². The molecule has 14 heteroatoms. The molecule has 5 rings (SSSR count). The second-order valence-electron chi connectivity index (χ2n) is 13.0. The number of rotatable bonds is 7. The Morgan fingerprint density at radius 1 is 0.816 bits per heavy atom. The molecule has 1 atom stereocenters. The van der Waals surface area contributed by atoms with Crippen LogP contribution < -0.4 is 4.90 Å². The molecule has 266 valence electrons. The third-order valence-corrected chi connectivity index (χ3v) is 13.0. The van der Waals surface area contributed by atoms with Crippen molar-refractivity contribution in [2.24, 2.45) is 5.92 Å². The summed E-state index contributed by atoms with van der Waals surface area (Å²) < 4.78 is 66.5. The van der Waals surface area contributed by atoms with Gasteiger partial charge < -0.3 is 14.5 Å². The number of benzene rings is 3. The van der Waals surface area contributed by atoms with E-state index in [4.69, 9.17) is 16.3 Å². The zero-order valence-corrected chi connectivity index (χ0v) is 30.8. The Labute approximate surface area is 296 Å². The van der Waals surface area contributed by atoms with Crippen molar-refractivity contribution in [3.8, 4) is 0 Å². The lowest BCUT2D eigenvalue weighted by Gasteiger charge is -2.36. The molecule has 0 saturated carbocycles. The van der Waals surface area contributed by atoms with Gasteiger partial charge in [0.25, 0.3) is 10.2 Å². The van der Waals surface area contributed by atoms with E-state index in [9.17, 15) is 21.6 Å². The Hall–Kier alpha value is -3.20. The first-order chi connectivity index (χ1) is 23.3. The first kappa shape index (κ1) is 37.1. The number of nitrogens with zero attached hydrogens (tertiary/aromatic N) is 5. The standard InChI is InChI=1S/C35H46ClN5O6S2/c1-28-24-39(48(43,44)34-15-13-33(14-16-34)37(2)3)20-7-18-38(35(42)47-27-29-9-5-4-6-10-29)19-8-21-40(25-28)49(45,46)41-22-17-30-23-32(36)12-11-31(30)26-41/h4-6,9-16,23,28H,7-8,17-22,24-27H2,1-3H3/t28-/m0/s1. The molecule has 2 heterocycles. The quantitative estimate of drug-likeness (QED) is 0.334. The Morgan fingerprint density at radius 2 is 1.47 bits per heavy atom. The van der Waals surface area contributed by atoms with Crippen LogP contribution in [0, 0.1) is 5.92 Å². The van der Waals surface area contributed by atoms with Gasteiger partial charge in [0.15, 0.2) is 0 Å². The van der Waals surface area contributed by atoms with Crippen LogP contribution in [0.5, 0.6) is 0 Å². The van der Waals surface area contributed by atoms with Crippen molar-refractivity contribution < 1.29 is 26.4 Å². The zero-order valence-electron chi connectivity index (χ0n) is 28.4. The van der Waals surface area contributed by atoms with Crippen molar-refractivity contribution in [2.45, 2.75) is 44.2 Å². The van der Waals surface area contributed by atoms with Crippen LogP contribution in [0.1, 0.15) is 36.5 Å². The fourth-order valence-corrected chi connectivity index (χ4v) is 9.81. The van der Waals surface area contributed by atoms with Gasteiger partial charge in [-0.05, 0) is 78.3 Å². The second-order valence-corrected chi connectivity index (χ2v) is 17.3. The minimum Gasteiger partial charge on any atom is -0.445 e. The first-order valence-corrected chi connectivity index (χ1v) is 19.8. The van der Waals surface area contributed by atoms with Crippen molar-refractivity contribution in [2.75, 3.05) is 64.8 Å². The Bertz CT molecular complexity index is 1790. The van der Waals surface area contributed by atoms with Gasteiger partial charge in [-0.2, -0.15) is 21.3 Å². The van der Waals surface area contributed by atoms with Crippen LogP contribution in [0.4, 0.5) is 10.5 Å². The number of anilines is 1. The lowest BCUT2D eigenvalue weighted by Crippen LogP contribution is -2.49. The lowest BCUT2D eigenvalue weighted by molar-refractivity contribution is 0.0933. The number of carbonyl (C=O) groups is 1. The molecule has 49 heavy (non-hydrogen) atoms. The van der Waals surface area contributed by atoms with E-state index in [0.717, 1.165) is 22.4 Å². The number of fused-ring (bicyclic) bond motifs is 1. The van der Waals surface area contributed by atoms with Crippen LogP contribution >= 0.6 is 11.6 Å². The van der Waals surface area contributed by atoms with Crippen molar-refractivity contribution in [3.63, 3.8) is 0 Å². The molecule has 11 nitrogen and oxygen atoms in total. The van der Waals surface area contributed by atoms with E-state index in [0.29, 0.717) is 30.8 Å². The Kier molecular flexibility index (Phi) is 12.3. The normalized spacial score (nSPS) is 19.3. The van der Waals surface area contributed by atoms with Gasteiger partial charge >= 0.3 is 6.09 Å². The molecule has 2 aliphatic heterocycles. The van der Waals surface area contributed by atoms with Crippen molar-refractivity contribution >= 4 is 43.6 Å². The third kappa shape index (κ3) is 9.33. The van der Waals surface area contributed by atoms with E-state index in [2.05, 4.69) is 0 Å². The van der Waals surface area contributed by atoms with E-state index in [1.54, 1.807) is 35.2 Å². The van der Waals surface area contributed by atoms with Crippen molar-refractivity contribution in [3.05, 3.63) is 94.5 Å². The van der Waals surface area contributed by atoms with Gasteiger partial charge in [0.2, 0.25) is 10.0 Å². The molecule has 3 aromatic rings. The molecule has 0 spiro atoms. The highest BCUT2D eigenvalue weighted by Gasteiger charge is 2.35. The largest absolute Gasteiger partial charge is 0.445 e. The number of amides is 1. The SMILES string of the molecule is C[C@H]1CN(S(=O)(=O)c2ccc(N(C)C)cc2)CCCN(C(=O)OCc2ccccc2)CCCN(S(=O)(=O)N2CCc3cc(Cl)ccc3C2)C1. The highest BCUT2D eigenvalue weighted by molar-refractivity contribution is 7.89. The maximum Gasteiger partial charge on any atom is 0.410 e. The molecule has 0 aliphatic carbocycles. The smallest absolute Gasteiger partial charge is 0.410 e. The van der Waals surface area contributed by atoms with Crippen LogP contribution in [-0.4, -0.2) is 101 Å². The summed E-state index contributed by atoms with van der Waals surface area (Å²) in [7, 11) is -4.09. The van der Waals surface area contributed by atoms with Gasteiger partial charge in [-0.25, -0.2) is 13.2 Å². The maximum atomic E-state index is 14.2. The van der Waals surface area contributed by atoms with Crippen LogP contribution in [0.25, 0.3) is 0 Å². The van der Waals surface area contributed by atoms with Crippen molar-refractivity contribution in [1.29, 1.82) is 0 Å². The molecule has 2 aliphatic rings. The number of sulfonamides is 1. The fourth-order valence-electron chi connectivity index (χ4n) is 6.27. The first-order valence-electron chi connectivity index (χ1n) is 16.6. The molecule has 0 aromatic heterocycles. The summed E-state index contributed by atoms with van der Waals surface area (Å²) in [5, 5.41) is 0.618. The average molecular weight is 732 g/mol. The summed E-state index contributed by atoms with van der Waals surface area (Å²) in [5.41, 5.74) is 3.66. The third-order valence-electron chi connectivity index (χ3n) is 8.95. The van der Waals surface area contributed by atoms with Crippen LogP contribution in [0.2, 0.25) is 5.02 Å². The second kappa shape index (κ2) is 16.2. The molecule has 1 fully saturated rings. The maximum absolute atomic E-state index is 14.2. The summed E-state index contributed by atoms with van der Waals surface area (Å²) >= 11 is 6.19. The molecular formula is C35H46ClN5O6S2. The lowest BCUT2D eigenvalue weighted by atomic mass is 10.0. The van der Waals surface area contributed by atoms with Gasteiger partial charge in [0, 0.05) is 77.2 Å². The van der Waals surface area contributed by atoms with E-state index >= 15 is 0 Å². The van der Waals surface area contributed by atoms with Crippen LogP contribution in [0.3, 0.4) is 0 Å². The number of carbonyl (C=O) groups excluding carboxylic acids is 1. The van der Waals surface area contributed by atoms with Crippen LogP contribution in [-0.2, 0) is 44.5 Å². The van der Waals surface area contributed by atoms with Crippen molar-refractivity contribution in [1.82, 2.24) is 17.8 Å². The summed E-state index contributed by atoms with van der Waals surface area (Å²) in [6, 6.07) is 21.6. The van der Waals surface area contributed by atoms with Gasteiger partial charge in [0.05, 0.1) is 4.90 Å². The fraction of sp³-hybridized carbons (Fsp3) is 0.457. The van der Waals surface area contributed by atoms with Gasteiger partial charge in [-0.1, -0.05) is 54.9 Å².